The fraction of sp³-hybridized carbons (Fsp3) is 0.0769. The standard InChI is InChI=1S/C26H19BrN4O3/c1-14-10-19-23(20(27)11-14)29-26(33)24(19)30-31-25(32)18-13-22(15-6-4-3-5-7-15)28-21-9-8-16(34-2)12-17(18)21/h3-13,29,33H,1-2H3. The van der Waals surface area contributed by atoms with E-state index >= 15 is 0 Å². The monoisotopic (exact) mass is 514 g/mol. The summed E-state index contributed by atoms with van der Waals surface area (Å²) >= 11 is 3.48. The summed E-state index contributed by atoms with van der Waals surface area (Å²) in [4.78, 5) is 20.9. The zero-order chi connectivity index (χ0) is 23.8. The number of nitrogens with one attached hydrogen (secondary N) is 1. The molecule has 7 nitrogen and oxygen atoms in total. The smallest absolute Gasteiger partial charge is 0.296 e. The number of aryl methyl sites for hydroxylation is 1. The Hall–Kier alpha value is -4.04. The second kappa shape index (κ2) is 8.72. The topological polar surface area (TPSA) is 99.9 Å². The van der Waals surface area contributed by atoms with Gasteiger partial charge >= 0.3 is 0 Å². The van der Waals surface area contributed by atoms with E-state index in [1.807, 2.05) is 49.4 Å². The molecule has 0 aliphatic carbocycles. The summed E-state index contributed by atoms with van der Waals surface area (Å²) in [6.45, 7) is 1.93. The quantitative estimate of drug-likeness (QED) is 0.250. The third-order valence-corrected chi connectivity index (χ3v) is 6.14. The molecule has 1 amide bonds. The maximum absolute atomic E-state index is 13.3. The summed E-state index contributed by atoms with van der Waals surface area (Å²) in [6, 6.07) is 20.5. The first-order chi connectivity index (χ1) is 16.4. The van der Waals surface area contributed by atoms with Crippen LogP contribution in [0.3, 0.4) is 0 Å². The number of H-pyrrole nitrogens is 1. The van der Waals surface area contributed by atoms with Gasteiger partial charge in [-0.25, -0.2) is 4.98 Å². The minimum atomic E-state index is -0.557. The molecule has 8 heteroatoms. The van der Waals surface area contributed by atoms with Crippen molar-refractivity contribution in [2.75, 3.05) is 7.11 Å². The molecular formula is C26H19BrN4O3. The number of fused-ring (bicyclic) bond motifs is 2. The molecule has 0 spiro atoms. The summed E-state index contributed by atoms with van der Waals surface area (Å²) in [5.41, 5.74) is 4.34. The maximum Gasteiger partial charge on any atom is 0.296 e. The summed E-state index contributed by atoms with van der Waals surface area (Å²) in [5, 5.41) is 19.8. The number of hydrogen-bond acceptors (Lipinski definition) is 5. The number of aromatic nitrogens is 2. The van der Waals surface area contributed by atoms with Crippen molar-refractivity contribution in [2.45, 2.75) is 6.92 Å². The van der Waals surface area contributed by atoms with Crippen LogP contribution in [0.1, 0.15) is 15.9 Å². The van der Waals surface area contributed by atoms with Gasteiger partial charge in [0.05, 0.1) is 29.4 Å². The number of aromatic amines is 1. The predicted octanol–water partition coefficient (Wildman–Crippen LogP) is 7.09. The molecular weight excluding hydrogens is 496 g/mol. The van der Waals surface area contributed by atoms with Crippen LogP contribution < -0.4 is 4.74 Å². The summed E-state index contributed by atoms with van der Waals surface area (Å²) in [6.07, 6.45) is 0. The Morgan fingerprint density at radius 1 is 1.06 bits per heavy atom. The molecule has 2 N–H and O–H groups in total. The Morgan fingerprint density at radius 3 is 2.62 bits per heavy atom. The van der Waals surface area contributed by atoms with Crippen molar-refractivity contribution >= 4 is 49.3 Å². The highest BCUT2D eigenvalue weighted by Gasteiger charge is 2.17. The van der Waals surface area contributed by atoms with Crippen LogP contribution in [0.5, 0.6) is 11.6 Å². The van der Waals surface area contributed by atoms with E-state index < -0.39 is 5.91 Å². The molecule has 0 atom stereocenters. The van der Waals surface area contributed by atoms with Crippen molar-refractivity contribution in [1.82, 2.24) is 9.97 Å². The highest BCUT2D eigenvalue weighted by Crippen LogP contribution is 2.39. The van der Waals surface area contributed by atoms with E-state index in [0.717, 1.165) is 15.6 Å². The highest BCUT2D eigenvalue weighted by molar-refractivity contribution is 9.10. The fourth-order valence-corrected chi connectivity index (χ4v) is 4.55. The van der Waals surface area contributed by atoms with Gasteiger partial charge in [-0.05, 0) is 64.8 Å². The van der Waals surface area contributed by atoms with Gasteiger partial charge in [0.2, 0.25) is 5.88 Å². The first kappa shape index (κ1) is 21.8. The van der Waals surface area contributed by atoms with Gasteiger partial charge in [0.1, 0.15) is 5.75 Å². The molecule has 34 heavy (non-hydrogen) atoms. The number of methoxy groups -OCH3 is 1. The number of benzene rings is 3. The second-order valence-corrected chi connectivity index (χ2v) is 8.66. The average Bonchev–Trinajstić information content (AvgIpc) is 3.17. The Bertz CT molecular complexity index is 1590. The Labute approximate surface area is 203 Å². The average molecular weight is 515 g/mol. The molecule has 0 bridgehead atoms. The van der Waals surface area contributed by atoms with Crippen molar-refractivity contribution in [1.29, 1.82) is 0 Å². The molecule has 0 unspecified atom stereocenters. The van der Waals surface area contributed by atoms with Crippen LogP contribution in [-0.2, 0) is 0 Å². The molecule has 0 radical (unpaired) electrons. The first-order valence-electron chi connectivity index (χ1n) is 10.5. The van der Waals surface area contributed by atoms with Crippen molar-refractivity contribution in [3.05, 3.63) is 82.3 Å². The lowest BCUT2D eigenvalue weighted by Gasteiger charge is -2.09. The number of halogens is 1. The van der Waals surface area contributed by atoms with Crippen LogP contribution in [0.25, 0.3) is 33.1 Å². The minimum absolute atomic E-state index is 0.163. The lowest BCUT2D eigenvalue weighted by Crippen LogP contribution is -1.99. The number of hydrogen-bond donors (Lipinski definition) is 2. The van der Waals surface area contributed by atoms with Crippen LogP contribution >= 0.6 is 15.9 Å². The molecule has 0 aliphatic rings. The number of azo groups is 1. The molecule has 168 valence electrons. The second-order valence-electron chi connectivity index (χ2n) is 7.80. The summed E-state index contributed by atoms with van der Waals surface area (Å²) < 4.78 is 6.13. The SMILES string of the molecule is COc1ccc2nc(-c3ccccc3)cc(C(=O)N=Nc3c(O)[nH]c4c(Br)cc(C)cc34)c2c1. The van der Waals surface area contributed by atoms with Gasteiger partial charge in [0, 0.05) is 20.8 Å². The number of carbonyl (C=O) groups excluding carboxylic acids is 1. The van der Waals surface area contributed by atoms with Crippen LogP contribution in [0.15, 0.2) is 81.4 Å². The molecule has 0 aliphatic heterocycles. The molecule has 2 heterocycles. The van der Waals surface area contributed by atoms with E-state index in [4.69, 9.17) is 9.72 Å². The third kappa shape index (κ3) is 3.92. The molecule has 0 saturated heterocycles. The molecule has 0 fully saturated rings. The number of nitrogens with zero attached hydrogens (tertiary/aromatic N) is 3. The van der Waals surface area contributed by atoms with Crippen LogP contribution in [0.4, 0.5) is 5.69 Å². The zero-order valence-electron chi connectivity index (χ0n) is 18.3. The Morgan fingerprint density at radius 2 is 1.85 bits per heavy atom. The first-order valence-corrected chi connectivity index (χ1v) is 11.2. The van der Waals surface area contributed by atoms with Gasteiger partial charge in [-0.1, -0.05) is 30.3 Å². The number of rotatable bonds is 4. The van der Waals surface area contributed by atoms with E-state index in [1.54, 1.807) is 31.4 Å². The molecule has 5 aromatic rings. The normalized spacial score (nSPS) is 11.5. The third-order valence-electron chi connectivity index (χ3n) is 5.51. The van der Waals surface area contributed by atoms with Crippen LogP contribution in [0, 0.1) is 6.92 Å². The van der Waals surface area contributed by atoms with Gasteiger partial charge in [-0.3, -0.25) is 4.79 Å². The number of aromatic hydroxyl groups is 1. The van der Waals surface area contributed by atoms with Crippen molar-refractivity contribution in [2.24, 2.45) is 10.2 Å². The van der Waals surface area contributed by atoms with Crippen molar-refractivity contribution in [3.63, 3.8) is 0 Å². The Kier molecular flexibility index (Phi) is 5.59. The largest absolute Gasteiger partial charge is 0.497 e. The van der Waals surface area contributed by atoms with Gasteiger partial charge in [0.25, 0.3) is 5.91 Å². The predicted molar refractivity (Wildman–Crippen MR) is 135 cm³/mol. The number of amides is 1. The van der Waals surface area contributed by atoms with E-state index in [9.17, 15) is 9.90 Å². The van der Waals surface area contributed by atoms with E-state index in [-0.39, 0.29) is 11.6 Å². The van der Waals surface area contributed by atoms with Gasteiger partial charge in [-0.2, -0.15) is 0 Å². The number of pyridine rings is 1. The van der Waals surface area contributed by atoms with Gasteiger partial charge in [0.15, 0.2) is 5.69 Å². The van der Waals surface area contributed by atoms with Crippen LogP contribution in [-0.4, -0.2) is 28.1 Å². The van der Waals surface area contributed by atoms with Gasteiger partial charge in [-0.15, -0.1) is 10.2 Å². The van der Waals surface area contributed by atoms with Gasteiger partial charge < -0.3 is 14.8 Å². The number of carbonyl (C=O) groups is 1. The maximum atomic E-state index is 13.3. The summed E-state index contributed by atoms with van der Waals surface area (Å²) in [7, 11) is 1.56. The summed E-state index contributed by atoms with van der Waals surface area (Å²) in [5.74, 6) is -0.121. The lowest BCUT2D eigenvalue weighted by atomic mass is 10.0. The van der Waals surface area contributed by atoms with Crippen LogP contribution in [0.2, 0.25) is 0 Å². The highest BCUT2D eigenvalue weighted by atomic mass is 79.9. The molecule has 2 aromatic heterocycles. The van der Waals surface area contributed by atoms with Crippen molar-refractivity contribution < 1.29 is 14.6 Å². The zero-order valence-corrected chi connectivity index (χ0v) is 19.9. The fourth-order valence-electron chi connectivity index (χ4n) is 3.88. The van der Waals surface area contributed by atoms with Crippen molar-refractivity contribution in [3.8, 4) is 22.9 Å². The van der Waals surface area contributed by atoms with E-state index in [1.165, 1.54) is 0 Å². The Balaban J connectivity index is 1.64. The molecule has 5 rings (SSSR count). The lowest BCUT2D eigenvalue weighted by molar-refractivity contribution is 0.0996. The number of ether oxygens (including phenoxy) is 1. The van der Waals surface area contributed by atoms with E-state index in [0.29, 0.717) is 38.8 Å². The minimum Gasteiger partial charge on any atom is -0.497 e. The van der Waals surface area contributed by atoms with E-state index in [2.05, 4.69) is 31.1 Å². The molecule has 3 aromatic carbocycles. The molecule has 0 saturated carbocycles.